The van der Waals surface area contributed by atoms with Crippen LogP contribution < -0.4 is 5.32 Å². The van der Waals surface area contributed by atoms with Gasteiger partial charge >= 0.3 is 47.6 Å². The van der Waals surface area contributed by atoms with Crippen molar-refractivity contribution in [3.63, 3.8) is 0 Å². The molecule has 0 aliphatic carbocycles. The summed E-state index contributed by atoms with van der Waals surface area (Å²) in [5.74, 6) is -61.6. The molecule has 0 aliphatic rings. The van der Waals surface area contributed by atoms with Crippen LogP contribution in [0.5, 0.6) is 11.5 Å². The van der Waals surface area contributed by atoms with Crippen LogP contribution in [0.4, 0.5) is 74.6 Å². The normalized spacial score (nSPS) is 15.3. The van der Waals surface area contributed by atoms with E-state index in [1.807, 2.05) is 0 Å². The molecule has 1 rings (SSSR count). The zero-order valence-corrected chi connectivity index (χ0v) is 19.9. The molecule has 0 bridgehead atoms. The average Bonchev–Trinajstić information content (AvgIpc) is 2.83. The van der Waals surface area contributed by atoms with Gasteiger partial charge in [0.25, 0.3) is 6.17 Å². The number of benzene rings is 1. The molecule has 3 N–H and O–H groups in total. The Hall–Kier alpha value is -3.50. The summed E-state index contributed by atoms with van der Waals surface area (Å²) in [6.07, 6.45) is -16.6. The van der Waals surface area contributed by atoms with E-state index in [2.05, 4.69) is 0 Å². The number of carbonyl (C=O) groups excluding carboxylic acids is 1. The molecule has 0 aromatic heterocycles. The maximum absolute atomic E-state index is 13.9. The van der Waals surface area contributed by atoms with E-state index in [9.17, 15) is 94.7 Å². The van der Waals surface area contributed by atoms with Crippen LogP contribution in [0.1, 0.15) is 18.4 Å². The van der Waals surface area contributed by atoms with Gasteiger partial charge in [0.1, 0.15) is 0 Å². The van der Waals surface area contributed by atoms with Gasteiger partial charge in [-0.2, -0.15) is 74.6 Å². The second kappa shape index (κ2) is 11.2. The lowest BCUT2D eigenvalue weighted by Crippen LogP contribution is -2.74. The zero-order chi connectivity index (χ0) is 34.4. The number of carbonyl (C=O) groups is 1. The van der Waals surface area contributed by atoms with Crippen LogP contribution in [0.15, 0.2) is 18.2 Å². The SMILES string of the molecule is O=C(CCC(F)(F)C(F)(F)C(F)(F)C(F)(F)C(F)(F)C(F)(F)C(F)(F)C(F)(F)F)NC(Cc1ccc(O)c(O)c1)[N+](=O)[O-]. The van der Waals surface area contributed by atoms with Crippen LogP contribution in [0.3, 0.4) is 0 Å². The van der Waals surface area contributed by atoms with Crippen LogP contribution in [-0.4, -0.2) is 74.8 Å². The van der Waals surface area contributed by atoms with Crippen molar-refractivity contribution < 1.29 is 94.6 Å². The number of aromatic hydroxyl groups is 2. The maximum Gasteiger partial charge on any atom is 0.460 e. The predicted molar refractivity (Wildman–Crippen MR) is 102 cm³/mol. The molecular formula is C19H13F17N2O5. The van der Waals surface area contributed by atoms with E-state index in [0.717, 1.165) is 12.1 Å². The first kappa shape index (κ1) is 37.5. The fourth-order valence-electron chi connectivity index (χ4n) is 2.98. The highest BCUT2D eigenvalue weighted by molar-refractivity contribution is 5.76. The minimum absolute atomic E-state index is 0.259. The summed E-state index contributed by atoms with van der Waals surface area (Å²) in [7, 11) is 0. The highest BCUT2D eigenvalue weighted by Crippen LogP contribution is 2.64. The number of phenolic OH excluding ortho intramolecular Hbond substituents is 2. The second-order valence-electron chi connectivity index (χ2n) is 8.54. The summed E-state index contributed by atoms with van der Waals surface area (Å²) >= 11 is 0. The van der Waals surface area contributed by atoms with E-state index in [1.54, 1.807) is 0 Å². The molecule has 0 aliphatic heterocycles. The van der Waals surface area contributed by atoms with Crippen molar-refractivity contribution in [2.24, 2.45) is 0 Å². The predicted octanol–water partition coefficient (Wildman–Crippen LogP) is 6.15. The van der Waals surface area contributed by atoms with Crippen molar-refractivity contribution in [2.75, 3.05) is 0 Å². The zero-order valence-electron chi connectivity index (χ0n) is 19.9. The van der Waals surface area contributed by atoms with Gasteiger partial charge in [0.2, 0.25) is 5.91 Å². The topological polar surface area (TPSA) is 113 Å². The van der Waals surface area contributed by atoms with E-state index in [4.69, 9.17) is 5.11 Å². The number of nitrogens with zero attached hydrogens (tertiary/aromatic N) is 1. The first-order valence-electron chi connectivity index (χ1n) is 10.5. The van der Waals surface area contributed by atoms with Gasteiger partial charge in [-0.05, 0) is 17.7 Å². The third-order valence-corrected chi connectivity index (χ3v) is 5.50. The number of halogens is 17. The largest absolute Gasteiger partial charge is 0.504 e. The van der Waals surface area contributed by atoms with Crippen molar-refractivity contribution in [1.82, 2.24) is 5.32 Å². The number of nitrogens with one attached hydrogen (secondary N) is 1. The molecule has 1 aromatic rings. The molecule has 0 fully saturated rings. The van der Waals surface area contributed by atoms with Crippen molar-refractivity contribution in [3.8, 4) is 11.5 Å². The Labute approximate surface area is 225 Å². The average molecular weight is 672 g/mol. The molecule has 0 spiro atoms. The third kappa shape index (κ3) is 6.26. The molecule has 43 heavy (non-hydrogen) atoms. The molecule has 0 radical (unpaired) electrons. The van der Waals surface area contributed by atoms with Gasteiger partial charge in [-0.25, -0.2) is 0 Å². The first-order valence-corrected chi connectivity index (χ1v) is 10.5. The van der Waals surface area contributed by atoms with Gasteiger partial charge in [-0.1, -0.05) is 6.07 Å². The molecule has 24 heteroatoms. The summed E-state index contributed by atoms with van der Waals surface area (Å²) in [6, 6.07) is 2.35. The number of phenols is 2. The van der Waals surface area contributed by atoms with Crippen LogP contribution >= 0.6 is 0 Å². The molecule has 248 valence electrons. The lowest BCUT2D eigenvalue weighted by atomic mass is 9.88. The molecule has 1 amide bonds. The van der Waals surface area contributed by atoms with Crippen molar-refractivity contribution >= 4 is 5.91 Å². The van der Waals surface area contributed by atoms with E-state index >= 15 is 0 Å². The number of alkyl halides is 17. The lowest BCUT2D eigenvalue weighted by Gasteiger charge is -2.42. The number of amides is 1. The van der Waals surface area contributed by atoms with E-state index in [1.165, 1.54) is 5.32 Å². The number of hydrogen-bond acceptors (Lipinski definition) is 5. The monoisotopic (exact) mass is 672 g/mol. The maximum atomic E-state index is 13.9. The molecular weight excluding hydrogens is 659 g/mol. The summed E-state index contributed by atoms with van der Waals surface area (Å²) in [6.45, 7) is 0. The Morgan fingerprint density at radius 2 is 1.14 bits per heavy atom. The highest BCUT2D eigenvalue weighted by Gasteiger charge is 2.95. The van der Waals surface area contributed by atoms with E-state index < -0.39 is 95.4 Å². The standard InChI is InChI=1S/C19H13F17N2O5/c20-12(21,4-3-11(41)37-10(38(42)43)6-7-1-2-8(39)9(40)5-7)13(22,23)14(24,25)15(26,27)16(28,29)17(30,31)18(32,33)19(34,35)36/h1-2,5,10,39-40H,3-4,6H2,(H,37,41). The molecule has 1 atom stereocenters. The van der Waals surface area contributed by atoms with Crippen molar-refractivity contribution in [3.05, 3.63) is 33.9 Å². The third-order valence-electron chi connectivity index (χ3n) is 5.50. The van der Waals surface area contributed by atoms with Crippen LogP contribution in [0.25, 0.3) is 0 Å². The highest BCUT2D eigenvalue weighted by atomic mass is 19.4. The molecule has 0 saturated heterocycles. The Bertz CT molecular complexity index is 1200. The molecule has 7 nitrogen and oxygen atoms in total. The van der Waals surface area contributed by atoms with Gasteiger partial charge in [0.15, 0.2) is 11.5 Å². The Morgan fingerprint density at radius 3 is 1.53 bits per heavy atom. The molecule has 0 heterocycles. The Kier molecular flexibility index (Phi) is 9.78. The van der Waals surface area contributed by atoms with Crippen molar-refractivity contribution in [1.29, 1.82) is 0 Å². The smallest absolute Gasteiger partial charge is 0.460 e. The Morgan fingerprint density at radius 1 is 0.721 bits per heavy atom. The van der Waals surface area contributed by atoms with E-state index in [-0.39, 0.29) is 5.56 Å². The minimum atomic E-state index is -8.79. The Balaban J connectivity index is 3.26. The van der Waals surface area contributed by atoms with Crippen LogP contribution in [-0.2, 0) is 11.2 Å². The van der Waals surface area contributed by atoms with Gasteiger partial charge in [-0.3, -0.25) is 20.2 Å². The summed E-state index contributed by atoms with van der Waals surface area (Å²) in [5.41, 5.74) is -0.259. The lowest BCUT2D eigenvalue weighted by molar-refractivity contribution is -0.526. The number of hydrogen-bond donors (Lipinski definition) is 3. The minimum Gasteiger partial charge on any atom is -0.504 e. The summed E-state index contributed by atoms with van der Waals surface area (Å²) in [5, 5.41) is 30.8. The van der Waals surface area contributed by atoms with Crippen molar-refractivity contribution in [2.45, 2.75) is 73.1 Å². The quantitative estimate of drug-likeness (QED) is 0.0766. The van der Waals surface area contributed by atoms with Gasteiger partial charge < -0.3 is 10.2 Å². The molecule has 0 saturated carbocycles. The number of nitro groups is 1. The fourth-order valence-corrected chi connectivity index (χ4v) is 2.98. The van der Waals surface area contributed by atoms with E-state index in [0.29, 0.717) is 6.07 Å². The summed E-state index contributed by atoms with van der Waals surface area (Å²) in [4.78, 5) is 21.5. The first-order chi connectivity index (χ1) is 18.8. The van der Waals surface area contributed by atoms with Gasteiger partial charge in [0.05, 0.1) is 6.42 Å². The van der Waals surface area contributed by atoms with Gasteiger partial charge in [-0.15, -0.1) is 0 Å². The fraction of sp³-hybridized carbons (Fsp3) is 0.632. The van der Waals surface area contributed by atoms with Gasteiger partial charge in [0, 0.05) is 17.8 Å². The van der Waals surface area contributed by atoms with Crippen LogP contribution in [0.2, 0.25) is 0 Å². The molecule has 1 unspecified atom stereocenters. The number of rotatable bonds is 13. The van der Waals surface area contributed by atoms with Crippen LogP contribution in [0, 0.1) is 10.1 Å². The summed E-state index contributed by atoms with van der Waals surface area (Å²) < 4.78 is 226. The molecule has 1 aromatic carbocycles. The second-order valence-corrected chi connectivity index (χ2v) is 8.54.